The molecule has 1 saturated carbocycles. The molecule has 154 valence electrons. The monoisotopic (exact) mass is 419 g/mol. The highest BCUT2D eigenvalue weighted by atomic mass is 35.5. The fourth-order valence-electron chi connectivity index (χ4n) is 4.72. The molecule has 1 aromatic heterocycles. The quantitative estimate of drug-likeness (QED) is 0.665. The number of hydrogen-bond acceptors (Lipinski definition) is 7. The SMILES string of the molecule is CNc1nc(N2CCC3(CC2)[C@H](O)C[C@@H]3OCCN)nc2c1CCC2.Cl.Cl. The van der Waals surface area contributed by atoms with Gasteiger partial charge in [0.15, 0.2) is 0 Å². The van der Waals surface area contributed by atoms with Gasteiger partial charge in [-0.1, -0.05) is 0 Å². The predicted molar refractivity (Wildman–Crippen MR) is 111 cm³/mol. The lowest BCUT2D eigenvalue weighted by molar-refractivity contribution is -0.200. The van der Waals surface area contributed by atoms with E-state index in [1.54, 1.807) is 0 Å². The number of ether oxygens (including phenoxy) is 1. The number of aryl methyl sites for hydroxylation is 1. The highest BCUT2D eigenvalue weighted by Crippen LogP contribution is 2.51. The Morgan fingerprint density at radius 3 is 2.63 bits per heavy atom. The van der Waals surface area contributed by atoms with E-state index in [9.17, 15) is 5.11 Å². The molecule has 2 heterocycles. The van der Waals surface area contributed by atoms with Crippen LogP contribution in [0.3, 0.4) is 0 Å². The van der Waals surface area contributed by atoms with Gasteiger partial charge in [0, 0.05) is 44.1 Å². The van der Waals surface area contributed by atoms with Crippen LogP contribution in [0.15, 0.2) is 0 Å². The van der Waals surface area contributed by atoms with Gasteiger partial charge < -0.3 is 25.8 Å². The van der Waals surface area contributed by atoms with Crippen molar-refractivity contribution < 1.29 is 9.84 Å². The summed E-state index contributed by atoms with van der Waals surface area (Å²) in [5, 5.41) is 13.6. The number of aliphatic hydroxyl groups excluding tert-OH is 1. The van der Waals surface area contributed by atoms with E-state index in [1.165, 1.54) is 11.3 Å². The van der Waals surface area contributed by atoms with Crippen molar-refractivity contribution in [2.75, 3.05) is 43.5 Å². The normalized spacial score (nSPS) is 25.2. The van der Waals surface area contributed by atoms with Crippen LogP contribution in [0.4, 0.5) is 11.8 Å². The Morgan fingerprint density at radius 1 is 1.26 bits per heavy atom. The van der Waals surface area contributed by atoms with Gasteiger partial charge in [-0.15, -0.1) is 24.8 Å². The van der Waals surface area contributed by atoms with Crippen LogP contribution < -0.4 is 16.0 Å². The Bertz CT molecular complexity index is 640. The molecule has 2 aliphatic carbocycles. The van der Waals surface area contributed by atoms with E-state index < -0.39 is 0 Å². The molecule has 1 saturated heterocycles. The maximum absolute atomic E-state index is 10.4. The van der Waals surface area contributed by atoms with Gasteiger partial charge in [-0.05, 0) is 32.1 Å². The zero-order chi connectivity index (χ0) is 17.4. The van der Waals surface area contributed by atoms with Crippen molar-refractivity contribution in [3.05, 3.63) is 11.3 Å². The van der Waals surface area contributed by atoms with Crippen LogP contribution in [0.5, 0.6) is 0 Å². The standard InChI is InChI=1S/C18H29N5O2.2ClH/c1-20-16-12-3-2-4-13(12)21-17(22-16)23-8-5-18(6-9-23)14(24)11-15(18)25-10-7-19;;/h14-15,24H,2-11,19H2,1H3,(H,20,21,22);2*1H/t14-,15+;;/m1../s1. The zero-order valence-corrected chi connectivity index (χ0v) is 17.4. The predicted octanol–water partition coefficient (Wildman–Crippen LogP) is 1.55. The molecule has 2 atom stereocenters. The van der Waals surface area contributed by atoms with Gasteiger partial charge in [-0.2, -0.15) is 4.98 Å². The fourth-order valence-corrected chi connectivity index (χ4v) is 4.72. The van der Waals surface area contributed by atoms with E-state index in [1.807, 2.05) is 7.05 Å². The van der Waals surface area contributed by atoms with Crippen molar-refractivity contribution in [1.82, 2.24) is 9.97 Å². The first-order valence-electron chi connectivity index (χ1n) is 9.50. The third-order valence-corrected chi connectivity index (χ3v) is 6.31. The number of nitrogens with zero attached hydrogens (tertiary/aromatic N) is 3. The maximum atomic E-state index is 10.4. The molecule has 0 amide bonds. The van der Waals surface area contributed by atoms with Crippen LogP contribution in [0, 0.1) is 5.41 Å². The number of aromatic nitrogens is 2. The average molecular weight is 420 g/mol. The lowest BCUT2D eigenvalue weighted by atomic mass is 9.58. The van der Waals surface area contributed by atoms with Crippen LogP contribution in [0.2, 0.25) is 0 Å². The van der Waals surface area contributed by atoms with Gasteiger partial charge >= 0.3 is 0 Å². The number of anilines is 2. The number of piperidine rings is 1. The molecule has 0 aromatic carbocycles. The molecule has 4 N–H and O–H groups in total. The Hall–Kier alpha value is -0.860. The largest absolute Gasteiger partial charge is 0.392 e. The van der Waals surface area contributed by atoms with E-state index in [2.05, 4.69) is 10.2 Å². The molecule has 0 radical (unpaired) electrons. The molecule has 0 unspecified atom stereocenters. The summed E-state index contributed by atoms with van der Waals surface area (Å²) in [5.41, 5.74) is 7.94. The highest BCUT2D eigenvalue weighted by Gasteiger charge is 2.56. The van der Waals surface area contributed by atoms with Crippen LogP contribution in [-0.4, -0.2) is 60.6 Å². The van der Waals surface area contributed by atoms with Gasteiger partial charge in [-0.3, -0.25) is 0 Å². The molecule has 4 rings (SSSR count). The Kier molecular flexibility index (Phi) is 7.55. The van der Waals surface area contributed by atoms with Crippen molar-refractivity contribution in [3.8, 4) is 0 Å². The molecule has 1 spiro atoms. The van der Waals surface area contributed by atoms with Gasteiger partial charge in [0.2, 0.25) is 5.95 Å². The minimum atomic E-state index is -0.258. The number of rotatable bonds is 5. The highest BCUT2D eigenvalue weighted by molar-refractivity contribution is 5.85. The van der Waals surface area contributed by atoms with E-state index in [0.29, 0.717) is 13.2 Å². The minimum absolute atomic E-state index is 0. The van der Waals surface area contributed by atoms with Crippen molar-refractivity contribution in [2.24, 2.45) is 11.1 Å². The molecule has 3 aliphatic rings. The van der Waals surface area contributed by atoms with Gasteiger partial charge in [0.05, 0.1) is 24.5 Å². The summed E-state index contributed by atoms with van der Waals surface area (Å²) in [6, 6.07) is 0. The molecule has 27 heavy (non-hydrogen) atoms. The van der Waals surface area contributed by atoms with Crippen molar-refractivity contribution in [2.45, 2.75) is 50.7 Å². The van der Waals surface area contributed by atoms with Crippen LogP contribution in [0.1, 0.15) is 36.9 Å². The number of nitrogens with two attached hydrogens (primary N) is 1. The molecule has 2 fully saturated rings. The summed E-state index contributed by atoms with van der Waals surface area (Å²) in [7, 11) is 1.93. The Balaban J connectivity index is 0.00000131. The average Bonchev–Trinajstić information content (AvgIpc) is 3.13. The van der Waals surface area contributed by atoms with E-state index in [-0.39, 0.29) is 42.4 Å². The number of hydrogen-bond donors (Lipinski definition) is 3. The summed E-state index contributed by atoms with van der Waals surface area (Å²) < 4.78 is 5.88. The number of aliphatic hydroxyl groups is 1. The molecule has 0 bridgehead atoms. The van der Waals surface area contributed by atoms with Gasteiger partial charge in [0.1, 0.15) is 5.82 Å². The van der Waals surface area contributed by atoms with Crippen molar-refractivity contribution in [1.29, 1.82) is 0 Å². The maximum Gasteiger partial charge on any atom is 0.227 e. The molecule has 1 aliphatic heterocycles. The smallest absolute Gasteiger partial charge is 0.227 e. The van der Waals surface area contributed by atoms with Crippen LogP contribution in [0.25, 0.3) is 0 Å². The third-order valence-electron chi connectivity index (χ3n) is 6.31. The van der Waals surface area contributed by atoms with E-state index in [0.717, 1.165) is 63.4 Å². The molecule has 9 heteroatoms. The first-order valence-corrected chi connectivity index (χ1v) is 9.50. The second-order valence-corrected chi connectivity index (χ2v) is 7.52. The summed E-state index contributed by atoms with van der Waals surface area (Å²) in [6.07, 6.45) is 5.73. The van der Waals surface area contributed by atoms with Crippen LogP contribution >= 0.6 is 24.8 Å². The fraction of sp³-hybridized carbons (Fsp3) is 0.778. The van der Waals surface area contributed by atoms with Crippen LogP contribution in [-0.2, 0) is 17.6 Å². The Labute approximate surface area is 173 Å². The third kappa shape index (κ3) is 3.85. The summed E-state index contributed by atoms with van der Waals surface area (Å²) in [4.78, 5) is 11.8. The topological polar surface area (TPSA) is 96.5 Å². The van der Waals surface area contributed by atoms with Gasteiger partial charge in [0.25, 0.3) is 0 Å². The summed E-state index contributed by atoms with van der Waals surface area (Å²) in [5.74, 6) is 1.80. The summed E-state index contributed by atoms with van der Waals surface area (Å²) >= 11 is 0. The van der Waals surface area contributed by atoms with E-state index >= 15 is 0 Å². The van der Waals surface area contributed by atoms with Gasteiger partial charge in [-0.25, -0.2) is 4.98 Å². The molecular weight excluding hydrogens is 389 g/mol. The Morgan fingerprint density at radius 2 is 2.00 bits per heavy atom. The second kappa shape index (κ2) is 9.09. The molecule has 1 aromatic rings. The van der Waals surface area contributed by atoms with E-state index in [4.69, 9.17) is 20.4 Å². The number of halogens is 2. The minimum Gasteiger partial charge on any atom is -0.392 e. The number of nitrogens with one attached hydrogen (secondary N) is 1. The van der Waals surface area contributed by atoms with Crippen molar-refractivity contribution >= 4 is 36.6 Å². The lowest BCUT2D eigenvalue weighted by Gasteiger charge is -2.56. The first-order chi connectivity index (χ1) is 12.2. The summed E-state index contributed by atoms with van der Waals surface area (Å²) in [6.45, 7) is 2.83. The van der Waals surface area contributed by atoms with Crippen molar-refractivity contribution in [3.63, 3.8) is 0 Å². The number of fused-ring (bicyclic) bond motifs is 1. The molecule has 7 nitrogen and oxygen atoms in total. The zero-order valence-electron chi connectivity index (χ0n) is 15.8. The molecular formula is C18H31Cl2N5O2. The second-order valence-electron chi connectivity index (χ2n) is 7.52. The first kappa shape index (κ1) is 22.4. The lowest BCUT2D eigenvalue weighted by Crippen LogP contribution is -2.62.